The first-order chi connectivity index (χ1) is 29.8. The van der Waals surface area contributed by atoms with E-state index >= 15 is 4.39 Å². The molecular weight excluding hydrogens is 816 g/mol. The number of pyridine rings is 3. The van der Waals surface area contributed by atoms with Crippen LogP contribution in [-0.2, 0) is 9.47 Å². The van der Waals surface area contributed by atoms with E-state index in [1.54, 1.807) is 6.92 Å². The molecule has 4 aromatic carbocycles. The van der Waals surface area contributed by atoms with Crippen molar-refractivity contribution in [2.75, 3.05) is 67.7 Å². The van der Waals surface area contributed by atoms with E-state index in [1.807, 2.05) is 64.2 Å². The first kappa shape index (κ1) is 42.9. The molecule has 0 aliphatic carbocycles. The van der Waals surface area contributed by atoms with Crippen molar-refractivity contribution in [3.63, 3.8) is 0 Å². The van der Waals surface area contributed by atoms with Crippen molar-refractivity contribution in [3.8, 4) is 22.5 Å². The molecule has 0 unspecified atom stereocenters. The Morgan fingerprint density at radius 3 is 1.63 bits per heavy atom. The van der Waals surface area contributed by atoms with Crippen molar-refractivity contribution >= 4 is 56.3 Å². The van der Waals surface area contributed by atoms with Crippen LogP contribution >= 0.6 is 11.6 Å². The summed E-state index contributed by atoms with van der Waals surface area (Å²) in [7, 11) is 0. The summed E-state index contributed by atoms with van der Waals surface area (Å²) >= 11 is 6.31. The molecule has 320 valence electrons. The average molecular weight is 863 g/mol. The van der Waals surface area contributed by atoms with Crippen molar-refractivity contribution in [1.29, 1.82) is 0 Å². The van der Waals surface area contributed by atoms with Crippen molar-refractivity contribution in [3.05, 3.63) is 135 Å². The maximum absolute atomic E-state index is 15.5. The van der Waals surface area contributed by atoms with Gasteiger partial charge in [-0.15, -0.1) is 0 Å². The predicted molar refractivity (Wildman–Crippen MR) is 241 cm³/mol. The number of nitrogens with one attached hydrogen (secondary N) is 1. The lowest BCUT2D eigenvalue weighted by Crippen LogP contribution is -2.38. The SMILES string of the molecule is Cc1ccc(-c2nc3cc(F)cc(F)c3c(Cl)c2C)cc1C.Cc1ccc(-c2nc3cc(F)cc(F)c3c(Nc3cc(N4CCOCC4)cnc3N3CCOCC3)c2C)cc1C. The molecule has 9 rings (SSSR count). The minimum Gasteiger partial charge on any atom is -0.378 e. The van der Waals surface area contributed by atoms with E-state index in [4.69, 9.17) is 31.0 Å². The third-order valence-corrected chi connectivity index (χ3v) is 12.2. The summed E-state index contributed by atoms with van der Waals surface area (Å²) in [6.45, 7) is 17.3. The Hall–Kier alpha value is -5.82. The highest BCUT2D eigenvalue weighted by Gasteiger charge is 2.24. The lowest BCUT2D eigenvalue weighted by molar-refractivity contribution is 0.122. The first-order valence-corrected chi connectivity index (χ1v) is 21.0. The van der Waals surface area contributed by atoms with Gasteiger partial charge in [-0.05, 0) is 93.1 Å². The van der Waals surface area contributed by atoms with Gasteiger partial charge in [-0.2, -0.15) is 0 Å². The van der Waals surface area contributed by atoms with Gasteiger partial charge in [0.05, 0.1) is 87.9 Å². The van der Waals surface area contributed by atoms with Crippen LogP contribution in [0.25, 0.3) is 44.3 Å². The monoisotopic (exact) mass is 862 g/mol. The van der Waals surface area contributed by atoms with Gasteiger partial charge in [-0.1, -0.05) is 35.9 Å². The smallest absolute Gasteiger partial charge is 0.152 e. The first-order valence-electron chi connectivity index (χ1n) is 20.6. The predicted octanol–water partition coefficient (Wildman–Crippen LogP) is 11.7. The second-order valence-corrected chi connectivity index (χ2v) is 16.3. The van der Waals surface area contributed by atoms with Gasteiger partial charge in [-0.3, -0.25) is 0 Å². The molecule has 0 atom stereocenters. The van der Waals surface area contributed by atoms with Crippen LogP contribution in [0, 0.1) is 64.8 Å². The molecule has 0 spiro atoms. The molecule has 13 heteroatoms. The number of halogens is 5. The van der Waals surface area contributed by atoms with E-state index in [9.17, 15) is 13.2 Å². The third-order valence-electron chi connectivity index (χ3n) is 11.8. The Morgan fingerprint density at radius 1 is 0.581 bits per heavy atom. The Balaban J connectivity index is 0.000000203. The fourth-order valence-corrected chi connectivity index (χ4v) is 8.23. The summed E-state index contributed by atoms with van der Waals surface area (Å²) in [4.78, 5) is 18.5. The van der Waals surface area contributed by atoms with Gasteiger partial charge in [0, 0.05) is 61.6 Å². The lowest BCUT2D eigenvalue weighted by atomic mass is 9.98. The largest absolute Gasteiger partial charge is 0.378 e. The van der Waals surface area contributed by atoms with Crippen LogP contribution < -0.4 is 15.1 Å². The molecule has 5 heterocycles. The molecule has 0 saturated carbocycles. The molecule has 7 aromatic rings. The van der Waals surface area contributed by atoms with Crippen LogP contribution in [0.15, 0.2) is 72.9 Å². The zero-order chi connectivity index (χ0) is 43.8. The molecule has 0 bridgehead atoms. The van der Waals surface area contributed by atoms with Gasteiger partial charge in [0.25, 0.3) is 0 Å². The number of anilines is 4. The molecule has 2 saturated heterocycles. The summed E-state index contributed by atoms with van der Waals surface area (Å²) in [5.41, 5.74) is 11.9. The highest BCUT2D eigenvalue weighted by Crippen LogP contribution is 2.41. The Bertz CT molecular complexity index is 2840. The van der Waals surface area contributed by atoms with Gasteiger partial charge in [0.2, 0.25) is 0 Å². The fourth-order valence-electron chi connectivity index (χ4n) is 7.96. The molecule has 2 fully saturated rings. The van der Waals surface area contributed by atoms with Crippen LogP contribution in [0.4, 0.5) is 40.4 Å². The van der Waals surface area contributed by atoms with Gasteiger partial charge in [0.15, 0.2) is 5.82 Å². The molecular formula is C49H47ClF4N6O2. The number of aromatic nitrogens is 3. The third kappa shape index (κ3) is 8.64. The number of hydrogen-bond donors (Lipinski definition) is 1. The summed E-state index contributed by atoms with van der Waals surface area (Å²) in [5.74, 6) is -1.92. The van der Waals surface area contributed by atoms with Gasteiger partial charge in [0.1, 0.15) is 23.3 Å². The molecule has 2 aliphatic heterocycles. The summed E-state index contributed by atoms with van der Waals surface area (Å²) in [5, 5.41) is 4.23. The molecule has 0 amide bonds. The Morgan fingerprint density at radius 2 is 1.08 bits per heavy atom. The Labute approximate surface area is 363 Å². The second kappa shape index (κ2) is 17.9. The zero-order valence-corrected chi connectivity index (χ0v) is 36.3. The zero-order valence-electron chi connectivity index (χ0n) is 35.5. The second-order valence-electron chi connectivity index (χ2n) is 15.9. The van der Waals surface area contributed by atoms with E-state index in [-0.39, 0.29) is 26.8 Å². The van der Waals surface area contributed by atoms with Crippen molar-refractivity contribution in [2.45, 2.75) is 41.5 Å². The van der Waals surface area contributed by atoms with E-state index in [0.29, 0.717) is 62.2 Å². The minimum atomic E-state index is -0.692. The topological polar surface area (TPSA) is 75.6 Å². The Kier molecular flexibility index (Phi) is 12.4. The number of morpholine rings is 2. The fraction of sp³-hybridized carbons (Fsp3) is 0.286. The number of aryl methyl sites for hydroxylation is 4. The number of ether oxygens (including phenoxy) is 2. The van der Waals surface area contributed by atoms with Crippen LogP contribution in [0.3, 0.4) is 0 Å². The summed E-state index contributed by atoms with van der Waals surface area (Å²) in [6.07, 6.45) is 1.88. The van der Waals surface area contributed by atoms with Crippen LogP contribution in [0.1, 0.15) is 33.4 Å². The molecule has 1 N–H and O–H groups in total. The summed E-state index contributed by atoms with van der Waals surface area (Å²) < 4.78 is 68.5. The van der Waals surface area contributed by atoms with Gasteiger partial charge < -0.3 is 24.6 Å². The lowest BCUT2D eigenvalue weighted by Gasteiger charge is -2.32. The molecule has 62 heavy (non-hydrogen) atoms. The van der Waals surface area contributed by atoms with Crippen molar-refractivity contribution < 1.29 is 27.0 Å². The molecule has 2 aliphatic rings. The maximum atomic E-state index is 15.5. The highest BCUT2D eigenvalue weighted by molar-refractivity contribution is 6.36. The number of benzene rings is 4. The quantitative estimate of drug-likeness (QED) is 0.166. The standard InChI is InChI=1S/C31H33F2N5O2.C18H14ClF2N/c1-19-4-5-22(14-20(19)2)29-21(3)30(28-25(33)15-23(32)16-26(28)35-29)36-27-17-24(37-6-10-39-11-7-37)18-34-31(27)38-8-12-40-13-9-38;1-9-4-5-12(6-10(9)2)18-11(3)17(19)16-14(21)7-13(20)8-15(16)22-18/h4-5,14-18H,6-13H2,1-3H3,(H,35,36);4-8H,1-3H3. The van der Waals surface area contributed by atoms with Crippen LogP contribution in [0.2, 0.25) is 5.02 Å². The molecule has 0 radical (unpaired) electrons. The van der Waals surface area contributed by atoms with Crippen LogP contribution in [-0.4, -0.2) is 67.6 Å². The van der Waals surface area contributed by atoms with Crippen LogP contribution in [0.5, 0.6) is 0 Å². The minimum absolute atomic E-state index is 0.160. The number of nitrogens with zero attached hydrogens (tertiary/aromatic N) is 5. The van der Waals surface area contributed by atoms with Gasteiger partial charge >= 0.3 is 0 Å². The maximum Gasteiger partial charge on any atom is 0.152 e. The van der Waals surface area contributed by atoms with E-state index < -0.39 is 23.3 Å². The number of rotatable bonds is 6. The number of hydrogen-bond acceptors (Lipinski definition) is 8. The normalized spacial score (nSPS) is 14.3. The van der Waals surface area contributed by atoms with Gasteiger partial charge in [-0.25, -0.2) is 32.5 Å². The number of fused-ring (bicyclic) bond motifs is 2. The van der Waals surface area contributed by atoms with Crippen molar-refractivity contribution in [2.24, 2.45) is 0 Å². The van der Waals surface area contributed by atoms with E-state index in [1.165, 1.54) is 23.3 Å². The van der Waals surface area contributed by atoms with E-state index in [0.717, 1.165) is 70.2 Å². The highest BCUT2D eigenvalue weighted by atomic mass is 35.5. The average Bonchev–Trinajstić information content (AvgIpc) is 3.25. The van der Waals surface area contributed by atoms with E-state index in [2.05, 4.69) is 39.2 Å². The molecule has 3 aromatic heterocycles. The van der Waals surface area contributed by atoms with Crippen molar-refractivity contribution in [1.82, 2.24) is 15.0 Å². The summed E-state index contributed by atoms with van der Waals surface area (Å²) in [6, 6.07) is 18.3. The molecule has 8 nitrogen and oxygen atoms in total.